The van der Waals surface area contributed by atoms with E-state index in [1.165, 1.54) is 5.56 Å². The summed E-state index contributed by atoms with van der Waals surface area (Å²) in [6.07, 6.45) is 0. The van der Waals surface area contributed by atoms with Crippen molar-refractivity contribution in [2.24, 2.45) is 0 Å². The molecule has 0 aliphatic rings. The molecule has 2 aromatic heterocycles. The number of fused-ring (bicyclic) bond motifs is 2. The number of benzene rings is 4. The maximum Gasteiger partial charge on any atom is 0.266 e. The number of aromatic nitrogens is 2. The number of furan rings is 1. The second kappa shape index (κ2) is 11.4. The van der Waals surface area contributed by atoms with Crippen LogP contribution in [0.2, 0.25) is 0 Å². The molecule has 6 aromatic rings. The maximum absolute atomic E-state index is 12.5. The van der Waals surface area contributed by atoms with Gasteiger partial charge in [0.05, 0.1) is 16.8 Å². The highest BCUT2D eigenvalue weighted by atomic mass is 32.2. The minimum absolute atomic E-state index is 0.0396. The molecule has 0 radical (unpaired) electrons. The topological polar surface area (TPSA) is 114 Å². The molecule has 0 atom stereocenters. The van der Waals surface area contributed by atoms with Crippen molar-refractivity contribution in [2.75, 3.05) is 12.3 Å². The van der Waals surface area contributed by atoms with Crippen LogP contribution < -0.4 is 5.32 Å². The second-order valence-electron chi connectivity index (χ2n) is 11.9. The van der Waals surface area contributed by atoms with Crippen molar-refractivity contribution in [3.63, 3.8) is 0 Å². The van der Waals surface area contributed by atoms with Gasteiger partial charge in [-0.1, -0.05) is 81.4 Å². The fourth-order valence-electron chi connectivity index (χ4n) is 5.22. The Hall–Kier alpha value is -4.73. The fourth-order valence-corrected chi connectivity index (χ4v) is 5.58. The first-order chi connectivity index (χ1) is 20.9. The number of amides is 1. The standard InChI is InChI=1S/C35H33N3O5S/c1-35(2,3)28-16-17-29-30(21-28)38(22-23-8-10-26(11-9-23)34(39)36-18-19-44(40,41)42)33(37-29)25-14-12-24(13-15-25)32-20-27-6-4-5-7-31(27)43-32/h4-17,20-21H,18-19,22H2,1-3H3,(H,36,39)(H,40,41,42). The molecule has 0 aliphatic heterocycles. The Kier molecular flexibility index (Phi) is 7.61. The zero-order chi connectivity index (χ0) is 31.1. The van der Waals surface area contributed by atoms with E-state index in [1.807, 2.05) is 54.6 Å². The van der Waals surface area contributed by atoms with Gasteiger partial charge in [0.1, 0.15) is 17.2 Å². The molecule has 9 heteroatoms. The summed E-state index contributed by atoms with van der Waals surface area (Å²) in [4.78, 5) is 17.5. The van der Waals surface area contributed by atoms with Gasteiger partial charge in [-0.25, -0.2) is 4.98 Å². The van der Waals surface area contributed by atoms with Gasteiger partial charge in [-0.2, -0.15) is 8.42 Å². The molecule has 0 saturated heterocycles. The Morgan fingerprint density at radius 2 is 1.61 bits per heavy atom. The molecule has 224 valence electrons. The van der Waals surface area contributed by atoms with Crippen LogP contribution in [0, 0.1) is 0 Å². The van der Waals surface area contributed by atoms with Crippen LogP contribution in [0.5, 0.6) is 0 Å². The lowest BCUT2D eigenvalue weighted by molar-refractivity contribution is 0.0956. The molecule has 8 nitrogen and oxygen atoms in total. The summed E-state index contributed by atoms with van der Waals surface area (Å²) in [6, 6.07) is 31.8. The normalized spacial score (nSPS) is 12.2. The molecule has 2 N–H and O–H groups in total. The van der Waals surface area contributed by atoms with Crippen LogP contribution in [-0.4, -0.2) is 40.7 Å². The number of nitrogens with zero attached hydrogens (tertiary/aromatic N) is 2. The molecule has 0 spiro atoms. The second-order valence-corrected chi connectivity index (χ2v) is 13.5. The Labute approximate surface area is 256 Å². The third kappa shape index (κ3) is 6.29. The predicted molar refractivity (Wildman–Crippen MR) is 173 cm³/mol. The molecule has 0 aliphatic carbocycles. The number of para-hydroxylation sites is 1. The molecule has 0 saturated carbocycles. The lowest BCUT2D eigenvalue weighted by Crippen LogP contribution is -2.28. The monoisotopic (exact) mass is 607 g/mol. The molecule has 44 heavy (non-hydrogen) atoms. The summed E-state index contributed by atoms with van der Waals surface area (Å²) in [7, 11) is -4.15. The zero-order valence-electron chi connectivity index (χ0n) is 24.7. The highest BCUT2D eigenvalue weighted by Gasteiger charge is 2.19. The SMILES string of the molecule is CC(C)(C)c1ccc2nc(-c3ccc(-c4cc5ccccc5o4)cc3)n(Cc3ccc(C(=O)NCCS(=O)(=O)O)cc3)c2c1. The van der Waals surface area contributed by atoms with Crippen molar-refractivity contribution >= 4 is 38.0 Å². The van der Waals surface area contributed by atoms with E-state index >= 15 is 0 Å². The number of hydrogen-bond donors (Lipinski definition) is 2. The largest absolute Gasteiger partial charge is 0.456 e. The molecular weight excluding hydrogens is 574 g/mol. The van der Waals surface area contributed by atoms with Gasteiger partial charge in [0.15, 0.2) is 0 Å². The smallest absolute Gasteiger partial charge is 0.266 e. The average Bonchev–Trinajstić information content (AvgIpc) is 3.58. The van der Waals surface area contributed by atoms with E-state index in [9.17, 15) is 13.2 Å². The van der Waals surface area contributed by atoms with Gasteiger partial charge < -0.3 is 14.3 Å². The van der Waals surface area contributed by atoms with E-state index in [-0.39, 0.29) is 12.0 Å². The Bertz CT molecular complexity index is 2050. The minimum Gasteiger partial charge on any atom is -0.456 e. The van der Waals surface area contributed by atoms with Crippen molar-refractivity contribution < 1.29 is 22.2 Å². The summed E-state index contributed by atoms with van der Waals surface area (Å²) in [5.74, 6) is 0.689. The van der Waals surface area contributed by atoms with Crippen LogP contribution in [0.3, 0.4) is 0 Å². The first-order valence-electron chi connectivity index (χ1n) is 14.4. The Morgan fingerprint density at radius 3 is 2.30 bits per heavy atom. The van der Waals surface area contributed by atoms with Crippen LogP contribution >= 0.6 is 0 Å². The summed E-state index contributed by atoms with van der Waals surface area (Å²) in [6.45, 7) is 6.91. The zero-order valence-corrected chi connectivity index (χ0v) is 25.6. The number of rotatable bonds is 8. The van der Waals surface area contributed by atoms with Crippen LogP contribution in [0.15, 0.2) is 101 Å². The minimum atomic E-state index is -4.15. The van der Waals surface area contributed by atoms with Gasteiger partial charge >= 0.3 is 0 Å². The van der Waals surface area contributed by atoms with E-state index in [0.717, 1.165) is 50.3 Å². The van der Waals surface area contributed by atoms with Gasteiger partial charge in [0.2, 0.25) is 0 Å². The van der Waals surface area contributed by atoms with E-state index in [4.69, 9.17) is 14.0 Å². The highest BCUT2D eigenvalue weighted by molar-refractivity contribution is 7.85. The first kappa shape index (κ1) is 29.3. The lowest BCUT2D eigenvalue weighted by atomic mass is 9.87. The number of nitrogens with one attached hydrogen (secondary N) is 1. The van der Waals surface area contributed by atoms with E-state index in [0.29, 0.717) is 12.1 Å². The number of carbonyl (C=O) groups excluding carboxylic acids is 1. The predicted octanol–water partition coefficient (Wildman–Crippen LogP) is 7.08. The highest BCUT2D eigenvalue weighted by Crippen LogP contribution is 2.33. The van der Waals surface area contributed by atoms with Gasteiger partial charge in [-0.15, -0.1) is 0 Å². The molecule has 1 amide bonds. The van der Waals surface area contributed by atoms with Gasteiger partial charge in [-0.05, 0) is 52.9 Å². The Morgan fingerprint density at radius 1 is 0.909 bits per heavy atom. The van der Waals surface area contributed by atoms with Crippen LogP contribution in [0.1, 0.15) is 42.3 Å². The summed E-state index contributed by atoms with van der Waals surface area (Å²) >= 11 is 0. The van der Waals surface area contributed by atoms with Crippen molar-refractivity contribution in [3.8, 4) is 22.7 Å². The third-order valence-corrected chi connectivity index (χ3v) is 8.39. The van der Waals surface area contributed by atoms with Gasteiger partial charge in [-0.3, -0.25) is 9.35 Å². The summed E-state index contributed by atoms with van der Waals surface area (Å²) < 4.78 is 39.1. The lowest BCUT2D eigenvalue weighted by Gasteiger charge is -2.19. The number of carbonyl (C=O) groups is 1. The molecule has 0 bridgehead atoms. The number of imidazole rings is 1. The first-order valence-corrected chi connectivity index (χ1v) is 16.0. The maximum atomic E-state index is 12.5. The average molecular weight is 608 g/mol. The van der Waals surface area contributed by atoms with Crippen LogP contribution in [0.25, 0.3) is 44.7 Å². The quantitative estimate of drug-likeness (QED) is 0.179. The fraction of sp³-hybridized carbons (Fsp3) is 0.200. The molecule has 0 unspecified atom stereocenters. The van der Waals surface area contributed by atoms with E-state index < -0.39 is 21.8 Å². The molecule has 2 heterocycles. The third-order valence-electron chi connectivity index (χ3n) is 7.67. The van der Waals surface area contributed by atoms with Crippen molar-refractivity contribution in [3.05, 3.63) is 114 Å². The number of hydrogen-bond acceptors (Lipinski definition) is 5. The van der Waals surface area contributed by atoms with Gasteiger partial charge in [0.25, 0.3) is 16.0 Å². The van der Waals surface area contributed by atoms with Crippen LogP contribution in [0.4, 0.5) is 0 Å². The summed E-state index contributed by atoms with van der Waals surface area (Å²) in [5.41, 5.74) is 7.24. The van der Waals surface area contributed by atoms with Crippen molar-refractivity contribution in [2.45, 2.75) is 32.7 Å². The summed E-state index contributed by atoms with van der Waals surface area (Å²) in [5, 5.41) is 3.58. The molecule has 6 rings (SSSR count). The molecule has 0 fully saturated rings. The van der Waals surface area contributed by atoms with Gasteiger partial charge in [0, 0.05) is 35.2 Å². The molecule has 4 aromatic carbocycles. The Balaban J connectivity index is 1.33. The van der Waals surface area contributed by atoms with E-state index in [1.54, 1.807) is 12.1 Å². The van der Waals surface area contributed by atoms with Crippen molar-refractivity contribution in [1.82, 2.24) is 14.9 Å². The van der Waals surface area contributed by atoms with Crippen molar-refractivity contribution in [1.29, 1.82) is 0 Å². The van der Waals surface area contributed by atoms with E-state index in [2.05, 4.69) is 61.0 Å². The van der Waals surface area contributed by atoms with Crippen LogP contribution in [-0.2, 0) is 22.1 Å². The molecular formula is C35H33N3O5S.